The van der Waals surface area contributed by atoms with Crippen molar-refractivity contribution >= 4 is 17.4 Å². The second kappa shape index (κ2) is 12.5. The molecule has 3 aromatic carbocycles. The fourth-order valence-electron chi connectivity index (χ4n) is 4.55. The number of amides is 2. The van der Waals surface area contributed by atoms with Gasteiger partial charge in [0.05, 0.1) is 28.4 Å². The minimum atomic E-state index is -0.749. The Labute approximate surface area is 231 Å². The number of hydrogen-bond acceptors (Lipinski definition) is 6. The molecule has 10 heteroatoms. The van der Waals surface area contributed by atoms with Crippen molar-refractivity contribution in [3.05, 3.63) is 89.0 Å². The van der Waals surface area contributed by atoms with Gasteiger partial charge in [0.1, 0.15) is 17.4 Å². The molecule has 0 saturated carbocycles. The van der Waals surface area contributed by atoms with Gasteiger partial charge in [-0.25, -0.2) is 8.78 Å². The summed E-state index contributed by atoms with van der Waals surface area (Å²) >= 11 is 0. The van der Waals surface area contributed by atoms with E-state index in [0.717, 1.165) is 6.07 Å². The van der Waals surface area contributed by atoms with E-state index in [-0.39, 0.29) is 30.5 Å². The topological polar surface area (TPSA) is 77.5 Å². The molecule has 4 rings (SSSR count). The highest BCUT2D eigenvalue weighted by atomic mass is 19.1. The van der Waals surface area contributed by atoms with E-state index in [4.69, 9.17) is 18.9 Å². The van der Waals surface area contributed by atoms with E-state index in [1.165, 1.54) is 46.6 Å². The van der Waals surface area contributed by atoms with Gasteiger partial charge in [-0.1, -0.05) is 12.1 Å². The number of piperazine rings is 1. The highest BCUT2D eigenvalue weighted by Crippen LogP contribution is 2.38. The zero-order valence-corrected chi connectivity index (χ0v) is 22.7. The van der Waals surface area contributed by atoms with Crippen molar-refractivity contribution in [3.8, 4) is 23.0 Å². The van der Waals surface area contributed by atoms with Crippen molar-refractivity contribution in [2.45, 2.75) is 0 Å². The summed E-state index contributed by atoms with van der Waals surface area (Å²) in [6.07, 6.45) is 1.37. The molecule has 3 aromatic rings. The first-order valence-corrected chi connectivity index (χ1v) is 12.5. The summed E-state index contributed by atoms with van der Waals surface area (Å²) in [7, 11) is 5.96. The zero-order chi connectivity index (χ0) is 28.8. The summed E-state index contributed by atoms with van der Waals surface area (Å²) in [5, 5.41) is 0. The molecule has 40 heavy (non-hydrogen) atoms. The number of halogens is 2. The number of ether oxygens (including phenoxy) is 4. The Morgan fingerprint density at radius 2 is 1.23 bits per heavy atom. The molecule has 0 radical (unpaired) electrons. The van der Waals surface area contributed by atoms with Crippen LogP contribution in [0.15, 0.2) is 60.7 Å². The van der Waals surface area contributed by atoms with Crippen LogP contribution in [0.2, 0.25) is 0 Å². The van der Waals surface area contributed by atoms with Crippen LogP contribution in [0.1, 0.15) is 21.5 Å². The summed E-state index contributed by atoms with van der Waals surface area (Å²) in [5.41, 5.74) is 1.55. The minimum absolute atomic E-state index is 0.229. The van der Waals surface area contributed by atoms with Gasteiger partial charge in [0.25, 0.3) is 5.91 Å². The Balaban J connectivity index is 1.54. The van der Waals surface area contributed by atoms with Crippen molar-refractivity contribution in [2.24, 2.45) is 0 Å². The molecule has 0 spiro atoms. The fraction of sp³-hybridized carbons (Fsp3) is 0.267. The minimum Gasteiger partial charge on any atom is -0.497 e. The smallest absolute Gasteiger partial charge is 0.254 e. The van der Waals surface area contributed by atoms with E-state index in [9.17, 15) is 18.4 Å². The summed E-state index contributed by atoms with van der Waals surface area (Å²) in [4.78, 5) is 29.8. The summed E-state index contributed by atoms with van der Waals surface area (Å²) in [6, 6.07) is 13.2. The summed E-state index contributed by atoms with van der Waals surface area (Å²) in [6.45, 7) is 1.14. The average Bonchev–Trinajstić information content (AvgIpc) is 2.98. The van der Waals surface area contributed by atoms with Crippen LogP contribution >= 0.6 is 0 Å². The van der Waals surface area contributed by atoms with Gasteiger partial charge < -0.3 is 28.7 Å². The maximum atomic E-state index is 14.1. The van der Waals surface area contributed by atoms with Crippen LogP contribution in [0.25, 0.3) is 5.57 Å². The molecule has 0 atom stereocenters. The lowest BCUT2D eigenvalue weighted by atomic mass is 9.96. The molecule has 0 aromatic heterocycles. The number of nitrogens with zero attached hydrogens (tertiary/aromatic N) is 2. The molecular weight excluding hydrogens is 522 g/mol. The Morgan fingerprint density at radius 3 is 1.73 bits per heavy atom. The number of hydrogen-bond donors (Lipinski definition) is 0. The molecule has 1 aliphatic rings. The molecule has 8 nitrogen and oxygen atoms in total. The largest absolute Gasteiger partial charge is 0.497 e. The first kappa shape index (κ1) is 28.4. The molecule has 1 heterocycles. The van der Waals surface area contributed by atoms with Crippen molar-refractivity contribution in [1.82, 2.24) is 9.80 Å². The molecule has 0 bridgehead atoms. The monoisotopic (exact) mass is 552 g/mol. The molecule has 0 aliphatic carbocycles. The van der Waals surface area contributed by atoms with Gasteiger partial charge in [-0.3, -0.25) is 9.59 Å². The lowest BCUT2D eigenvalue weighted by Gasteiger charge is -2.34. The van der Waals surface area contributed by atoms with Crippen LogP contribution in [0.5, 0.6) is 23.0 Å². The maximum absolute atomic E-state index is 14.1. The number of benzene rings is 3. The third kappa shape index (κ3) is 6.17. The second-order valence-electron chi connectivity index (χ2n) is 8.98. The van der Waals surface area contributed by atoms with Crippen molar-refractivity contribution in [2.75, 3.05) is 54.6 Å². The molecule has 2 amide bonds. The van der Waals surface area contributed by atoms with E-state index in [0.29, 0.717) is 52.8 Å². The first-order valence-electron chi connectivity index (χ1n) is 12.5. The van der Waals surface area contributed by atoms with Crippen LogP contribution in [0.3, 0.4) is 0 Å². The van der Waals surface area contributed by atoms with Crippen LogP contribution in [-0.2, 0) is 4.79 Å². The SMILES string of the molecule is COc1ccc(/C(=C\C(=O)N2CCN(C(=O)c3cc(OC)c(OC)c(OC)c3)CC2)c2cc(F)cc(F)c2)cc1. The van der Waals surface area contributed by atoms with E-state index in [1.807, 2.05) is 0 Å². The molecule has 210 valence electrons. The Hall–Kier alpha value is -4.60. The summed E-state index contributed by atoms with van der Waals surface area (Å²) < 4.78 is 49.4. The zero-order valence-electron chi connectivity index (χ0n) is 22.7. The van der Waals surface area contributed by atoms with Gasteiger partial charge in [-0.15, -0.1) is 0 Å². The molecule has 0 unspecified atom stereocenters. The standard InChI is InChI=1S/C30H30F2N2O6/c1-37-24-7-5-19(6-8-24)25(20-13-22(31)17-23(32)14-20)18-28(35)33-9-11-34(12-10-33)30(36)21-15-26(38-2)29(40-4)27(16-21)39-3/h5-8,13-18H,9-12H2,1-4H3/b25-18+. The van der Waals surface area contributed by atoms with Crippen molar-refractivity contribution in [3.63, 3.8) is 0 Å². The Kier molecular flexibility index (Phi) is 8.88. The average molecular weight is 553 g/mol. The lowest BCUT2D eigenvalue weighted by Crippen LogP contribution is -2.50. The highest BCUT2D eigenvalue weighted by Gasteiger charge is 2.26. The number of rotatable bonds is 8. The second-order valence-corrected chi connectivity index (χ2v) is 8.98. The summed E-state index contributed by atoms with van der Waals surface area (Å²) in [5.74, 6) is -0.358. The normalized spacial score (nSPS) is 13.6. The Bertz CT molecular complexity index is 1370. The lowest BCUT2D eigenvalue weighted by molar-refractivity contribution is -0.127. The fourth-order valence-corrected chi connectivity index (χ4v) is 4.55. The number of carbonyl (C=O) groups excluding carboxylic acids is 2. The molecule has 1 fully saturated rings. The van der Waals surface area contributed by atoms with E-state index in [2.05, 4.69) is 0 Å². The molecule has 1 saturated heterocycles. The predicted molar refractivity (Wildman–Crippen MR) is 145 cm³/mol. The predicted octanol–water partition coefficient (Wildman–Crippen LogP) is 4.42. The number of carbonyl (C=O) groups is 2. The molecule has 1 aliphatic heterocycles. The highest BCUT2D eigenvalue weighted by molar-refractivity contribution is 6.00. The van der Waals surface area contributed by atoms with Crippen LogP contribution < -0.4 is 18.9 Å². The van der Waals surface area contributed by atoms with Gasteiger partial charge in [0.2, 0.25) is 11.7 Å². The van der Waals surface area contributed by atoms with Gasteiger partial charge in [0, 0.05) is 43.9 Å². The molecule has 0 N–H and O–H groups in total. The third-order valence-electron chi connectivity index (χ3n) is 6.63. The Morgan fingerprint density at radius 1 is 0.675 bits per heavy atom. The number of methoxy groups -OCH3 is 4. The van der Waals surface area contributed by atoms with Gasteiger partial charge in [0.15, 0.2) is 11.5 Å². The maximum Gasteiger partial charge on any atom is 0.254 e. The van der Waals surface area contributed by atoms with Crippen LogP contribution in [0.4, 0.5) is 8.78 Å². The van der Waals surface area contributed by atoms with E-state index < -0.39 is 11.6 Å². The van der Waals surface area contributed by atoms with Gasteiger partial charge >= 0.3 is 0 Å². The van der Waals surface area contributed by atoms with Gasteiger partial charge in [-0.2, -0.15) is 0 Å². The van der Waals surface area contributed by atoms with Gasteiger partial charge in [-0.05, 0) is 53.1 Å². The first-order chi connectivity index (χ1) is 19.3. The van der Waals surface area contributed by atoms with Crippen LogP contribution in [0, 0.1) is 11.6 Å². The molecular formula is C30H30F2N2O6. The van der Waals surface area contributed by atoms with Crippen molar-refractivity contribution < 1.29 is 37.3 Å². The van der Waals surface area contributed by atoms with E-state index >= 15 is 0 Å². The van der Waals surface area contributed by atoms with Crippen molar-refractivity contribution in [1.29, 1.82) is 0 Å². The van der Waals surface area contributed by atoms with E-state index in [1.54, 1.807) is 46.2 Å². The van der Waals surface area contributed by atoms with Crippen LogP contribution in [-0.4, -0.2) is 76.2 Å². The quantitative estimate of drug-likeness (QED) is 0.386. The third-order valence-corrected chi connectivity index (χ3v) is 6.63.